The fourth-order valence-electron chi connectivity index (χ4n) is 3.38. The van der Waals surface area contributed by atoms with Crippen molar-refractivity contribution in [1.82, 2.24) is 29.7 Å². The third-order valence-corrected chi connectivity index (χ3v) is 4.85. The van der Waals surface area contributed by atoms with Gasteiger partial charge in [-0.15, -0.1) is 0 Å². The molecule has 2 N–H and O–H groups in total. The summed E-state index contributed by atoms with van der Waals surface area (Å²) in [6, 6.07) is 17.5. The number of aromatic amines is 1. The van der Waals surface area contributed by atoms with Crippen molar-refractivity contribution in [3.8, 4) is 17.1 Å². The topological polar surface area (TPSA) is 101 Å². The molecule has 5 aromatic rings. The zero-order valence-electron chi connectivity index (χ0n) is 16.1. The van der Waals surface area contributed by atoms with Crippen LogP contribution in [0.3, 0.4) is 0 Å². The Labute approximate surface area is 171 Å². The number of hydrogen-bond donors (Lipinski definition) is 2. The Hall–Kier alpha value is -4.33. The highest BCUT2D eigenvalue weighted by Gasteiger charge is 2.14. The molecule has 0 aliphatic carbocycles. The number of aryl methyl sites for hydroxylation is 1. The fourth-order valence-corrected chi connectivity index (χ4v) is 3.38. The van der Waals surface area contributed by atoms with Gasteiger partial charge in [0.25, 0.3) is 5.91 Å². The minimum Gasteiger partial charge on any atom is -0.305 e. The van der Waals surface area contributed by atoms with Crippen LogP contribution in [0.4, 0.5) is 5.82 Å². The Balaban J connectivity index is 1.41. The number of nitrogens with one attached hydrogen (secondary N) is 2. The number of hydrogen-bond acceptors (Lipinski definition) is 5. The van der Waals surface area contributed by atoms with Gasteiger partial charge in [-0.1, -0.05) is 42.5 Å². The smallest absolute Gasteiger partial charge is 0.274 e. The van der Waals surface area contributed by atoms with Gasteiger partial charge in [-0.2, -0.15) is 5.10 Å². The quantitative estimate of drug-likeness (QED) is 0.482. The number of aromatic nitrogens is 6. The van der Waals surface area contributed by atoms with Gasteiger partial charge in [0.15, 0.2) is 0 Å². The summed E-state index contributed by atoms with van der Waals surface area (Å²) in [5.41, 5.74) is 2.01. The summed E-state index contributed by atoms with van der Waals surface area (Å²) in [6.07, 6.45) is 4.89. The molecule has 0 aliphatic rings. The molecular weight excluding hydrogens is 378 g/mol. The third-order valence-electron chi connectivity index (χ3n) is 4.85. The summed E-state index contributed by atoms with van der Waals surface area (Å²) in [7, 11) is 0. The van der Waals surface area contributed by atoms with Crippen LogP contribution in [0.15, 0.2) is 73.3 Å². The van der Waals surface area contributed by atoms with Crippen molar-refractivity contribution in [3.05, 3.63) is 84.8 Å². The average Bonchev–Trinajstić information content (AvgIpc) is 3.43. The van der Waals surface area contributed by atoms with E-state index in [4.69, 9.17) is 0 Å². The van der Waals surface area contributed by atoms with Crippen molar-refractivity contribution in [1.29, 1.82) is 0 Å². The molecule has 0 unspecified atom stereocenters. The van der Waals surface area contributed by atoms with E-state index in [1.165, 1.54) is 6.33 Å². The summed E-state index contributed by atoms with van der Waals surface area (Å²) >= 11 is 0. The predicted molar refractivity (Wildman–Crippen MR) is 113 cm³/mol. The Morgan fingerprint density at radius 1 is 1.03 bits per heavy atom. The van der Waals surface area contributed by atoms with Crippen LogP contribution in [0.2, 0.25) is 0 Å². The number of anilines is 1. The lowest BCUT2D eigenvalue weighted by molar-refractivity contribution is 0.102. The van der Waals surface area contributed by atoms with Crippen LogP contribution in [0, 0.1) is 6.92 Å². The number of imidazole rings is 1. The van der Waals surface area contributed by atoms with Crippen LogP contribution < -0.4 is 5.32 Å². The zero-order valence-corrected chi connectivity index (χ0v) is 16.1. The van der Waals surface area contributed by atoms with Gasteiger partial charge in [-0.25, -0.2) is 15.0 Å². The van der Waals surface area contributed by atoms with E-state index in [9.17, 15) is 4.79 Å². The standard InChI is InChI=1S/C22H17N7O/c1-14-23-9-10-29(14)21-12-20(24-13-25-21)26-22(30)19-11-18(27-28-19)17-8-4-6-15-5-2-3-7-16(15)17/h2-13H,1H3,(H,27,28)(H,24,25,26,30). The normalized spacial score (nSPS) is 11.0. The van der Waals surface area contributed by atoms with E-state index < -0.39 is 0 Å². The second kappa shape index (κ2) is 7.25. The van der Waals surface area contributed by atoms with E-state index in [1.807, 2.05) is 54.0 Å². The molecule has 5 rings (SSSR count). The maximum Gasteiger partial charge on any atom is 0.274 e. The van der Waals surface area contributed by atoms with E-state index in [0.717, 1.165) is 22.2 Å². The molecule has 0 fully saturated rings. The Bertz CT molecular complexity index is 1360. The monoisotopic (exact) mass is 395 g/mol. The second-order valence-corrected chi connectivity index (χ2v) is 6.75. The number of fused-ring (bicyclic) bond motifs is 1. The van der Waals surface area contributed by atoms with Gasteiger partial charge >= 0.3 is 0 Å². The van der Waals surface area contributed by atoms with Crippen LogP contribution in [0.1, 0.15) is 16.3 Å². The highest BCUT2D eigenvalue weighted by molar-refractivity contribution is 6.04. The van der Waals surface area contributed by atoms with Gasteiger partial charge in [0.2, 0.25) is 0 Å². The lowest BCUT2D eigenvalue weighted by Gasteiger charge is -2.06. The summed E-state index contributed by atoms with van der Waals surface area (Å²) in [4.78, 5) is 25.3. The Kier molecular flexibility index (Phi) is 4.29. The number of carbonyl (C=O) groups is 1. The minimum absolute atomic E-state index is 0.332. The van der Waals surface area contributed by atoms with Gasteiger partial charge in [0.05, 0.1) is 5.69 Å². The summed E-state index contributed by atoms with van der Waals surface area (Å²) in [6.45, 7) is 1.87. The van der Waals surface area contributed by atoms with Crippen molar-refractivity contribution >= 4 is 22.5 Å². The lowest BCUT2D eigenvalue weighted by atomic mass is 10.0. The first kappa shape index (κ1) is 17.7. The fraction of sp³-hybridized carbons (Fsp3) is 0.0455. The number of benzene rings is 2. The first-order chi connectivity index (χ1) is 14.7. The number of nitrogens with zero attached hydrogens (tertiary/aromatic N) is 5. The molecule has 8 heteroatoms. The third kappa shape index (κ3) is 3.20. The highest BCUT2D eigenvalue weighted by atomic mass is 16.2. The predicted octanol–water partition coefficient (Wildman–Crippen LogP) is 3.77. The van der Waals surface area contributed by atoms with Gasteiger partial charge in [-0.3, -0.25) is 14.5 Å². The van der Waals surface area contributed by atoms with Gasteiger partial charge in [0, 0.05) is 24.0 Å². The molecule has 0 aliphatic heterocycles. The van der Waals surface area contributed by atoms with Crippen molar-refractivity contribution in [2.75, 3.05) is 5.32 Å². The van der Waals surface area contributed by atoms with E-state index in [2.05, 4.69) is 30.5 Å². The minimum atomic E-state index is -0.332. The number of rotatable bonds is 4. The molecule has 0 saturated carbocycles. The van der Waals surface area contributed by atoms with E-state index in [-0.39, 0.29) is 5.91 Å². The molecule has 3 aromatic heterocycles. The number of amides is 1. The molecular formula is C22H17N7O. The largest absolute Gasteiger partial charge is 0.305 e. The van der Waals surface area contributed by atoms with E-state index >= 15 is 0 Å². The van der Waals surface area contributed by atoms with Crippen molar-refractivity contribution in [2.24, 2.45) is 0 Å². The molecule has 0 atom stereocenters. The van der Waals surface area contributed by atoms with Crippen LogP contribution in [-0.4, -0.2) is 35.6 Å². The van der Waals surface area contributed by atoms with Crippen LogP contribution in [-0.2, 0) is 0 Å². The van der Waals surface area contributed by atoms with E-state index in [0.29, 0.717) is 23.0 Å². The Morgan fingerprint density at radius 2 is 1.90 bits per heavy atom. The molecule has 146 valence electrons. The molecule has 3 heterocycles. The van der Waals surface area contributed by atoms with Gasteiger partial charge in [-0.05, 0) is 23.8 Å². The molecule has 0 spiro atoms. The maximum absolute atomic E-state index is 12.7. The molecule has 0 bridgehead atoms. The lowest BCUT2D eigenvalue weighted by Crippen LogP contribution is -2.14. The molecule has 0 saturated heterocycles. The first-order valence-electron chi connectivity index (χ1n) is 9.36. The first-order valence-corrected chi connectivity index (χ1v) is 9.36. The van der Waals surface area contributed by atoms with Crippen LogP contribution in [0.25, 0.3) is 27.8 Å². The molecule has 2 aromatic carbocycles. The molecule has 0 radical (unpaired) electrons. The van der Waals surface area contributed by atoms with Gasteiger partial charge < -0.3 is 5.32 Å². The van der Waals surface area contributed by atoms with Crippen molar-refractivity contribution in [2.45, 2.75) is 6.92 Å². The van der Waals surface area contributed by atoms with Crippen molar-refractivity contribution < 1.29 is 4.79 Å². The Morgan fingerprint density at radius 3 is 2.77 bits per heavy atom. The van der Waals surface area contributed by atoms with E-state index in [1.54, 1.807) is 24.5 Å². The molecule has 8 nitrogen and oxygen atoms in total. The van der Waals surface area contributed by atoms with Gasteiger partial charge in [0.1, 0.15) is 29.5 Å². The number of H-pyrrole nitrogens is 1. The summed E-state index contributed by atoms with van der Waals surface area (Å²) < 4.78 is 1.81. The summed E-state index contributed by atoms with van der Waals surface area (Å²) in [5, 5.41) is 12.1. The van der Waals surface area contributed by atoms with Crippen LogP contribution in [0.5, 0.6) is 0 Å². The SMILES string of the molecule is Cc1nccn1-c1cc(NC(=O)c2cc(-c3cccc4ccccc34)n[nH]2)ncn1. The van der Waals surface area contributed by atoms with Crippen LogP contribution >= 0.6 is 0 Å². The molecule has 30 heavy (non-hydrogen) atoms. The summed E-state index contributed by atoms with van der Waals surface area (Å²) in [5.74, 6) is 1.47. The average molecular weight is 395 g/mol. The highest BCUT2D eigenvalue weighted by Crippen LogP contribution is 2.27. The number of carbonyl (C=O) groups excluding carboxylic acids is 1. The maximum atomic E-state index is 12.7. The zero-order chi connectivity index (χ0) is 20.5. The second-order valence-electron chi connectivity index (χ2n) is 6.75. The van der Waals surface area contributed by atoms with Crippen molar-refractivity contribution in [3.63, 3.8) is 0 Å². The molecule has 1 amide bonds.